The van der Waals surface area contributed by atoms with Crippen molar-refractivity contribution in [1.29, 1.82) is 0 Å². The molecule has 0 amide bonds. The number of halogens is 2. The molecular weight excluding hydrogens is 361 g/mol. The largest absolute Gasteiger partial charge is 0.476 e. The molecule has 0 aliphatic carbocycles. The highest BCUT2D eigenvalue weighted by Crippen LogP contribution is 2.33. The molecule has 2 N–H and O–H groups in total. The molecule has 21 heavy (non-hydrogen) atoms. The Morgan fingerprint density at radius 2 is 2.19 bits per heavy atom. The van der Waals surface area contributed by atoms with Crippen LogP contribution in [0, 0.1) is 0 Å². The summed E-state index contributed by atoms with van der Waals surface area (Å²) in [5.74, 6) is -1.14. The quantitative estimate of drug-likeness (QED) is 0.809. The summed E-state index contributed by atoms with van der Waals surface area (Å²) >= 11 is 12.5. The van der Waals surface area contributed by atoms with Gasteiger partial charge in [-0.15, -0.1) is 11.3 Å². The number of nitrogens with zero attached hydrogens (tertiary/aromatic N) is 2. The van der Waals surface area contributed by atoms with Crippen LogP contribution in [0.2, 0.25) is 8.67 Å². The fraction of sp³-hybridized carbons (Fsp3) is 0.200. The van der Waals surface area contributed by atoms with Crippen LogP contribution in [0.1, 0.15) is 10.5 Å². The van der Waals surface area contributed by atoms with Crippen molar-refractivity contribution < 1.29 is 18.3 Å². The van der Waals surface area contributed by atoms with Crippen LogP contribution in [-0.4, -0.2) is 35.6 Å². The van der Waals surface area contributed by atoms with Crippen LogP contribution in [0.25, 0.3) is 0 Å². The molecule has 0 bridgehead atoms. The number of nitrogens with one attached hydrogen (secondary N) is 1. The van der Waals surface area contributed by atoms with Crippen LogP contribution < -0.4 is 4.72 Å². The molecule has 2 aromatic heterocycles. The van der Waals surface area contributed by atoms with E-state index < -0.39 is 16.0 Å². The van der Waals surface area contributed by atoms with Gasteiger partial charge in [0, 0.05) is 19.3 Å². The summed E-state index contributed by atoms with van der Waals surface area (Å²) in [6.07, 6.45) is 2.62. The Bertz CT molecular complexity index is 769. The first-order chi connectivity index (χ1) is 9.79. The van der Waals surface area contributed by atoms with Crippen molar-refractivity contribution in [2.75, 3.05) is 6.54 Å². The van der Waals surface area contributed by atoms with E-state index in [4.69, 9.17) is 28.3 Å². The molecule has 0 aliphatic rings. The van der Waals surface area contributed by atoms with E-state index in [0.29, 0.717) is 0 Å². The van der Waals surface area contributed by atoms with E-state index in [1.807, 2.05) is 0 Å². The van der Waals surface area contributed by atoms with Gasteiger partial charge in [-0.1, -0.05) is 23.2 Å². The first kappa shape index (κ1) is 16.2. The summed E-state index contributed by atoms with van der Waals surface area (Å²) in [5.41, 5.74) is -0.106. The van der Waals surface area contributed by atoms with Gasteiger partial charge in [-0.25, -0.2) is 22.9 Å². The summed E-state index contributed by atoms with van der Waals surface area (Å²) < 4.78 is 28.2. The average molecular weight is 370 g/mol. The maximum absolute atomic E-state index is 12.0. The molecule has 114 valence electrons. The van der Waals surface area contributed by atoms with Crippen LogP contribution in [0.15, 0.2) is 23.5 Å². The van der Waals surface area contributed by atoms with E-state index in [9.17, 15) is 13.2 Å². The Morgan fingerprint density at radius 3 is 2.71 bits per heavy atom. The number of aromatic nitrogens is 2. The van der Waals surface area contributed by atoms with Gasteiger partial charge in [-0.3, -0.25) is 0 Å². The van der Waals surface area contributed by atoms with Gasteiger partial charge in [0.1, 0.15) is 9.23 Å². The minimum Gasteiger partial charge on any atom is -0.476 e. The predicted octanol–water partition coefficient (Wildman–Crippen LogP) is 1.93. The molecule has 7 nitrogen and oxygen atoms in total. The van der Waals surface area contributed by atoms with Gasteiger partial charge < -0.3 is 9.67 Å². The zero-order chi connectivity index (χ0) is 15.6. The van der Waals surface area contributed by atoms with Gasteiger partial charge in [0.15, 0.2) is 5.69 Å². The smallest absolute Gasteiger partial charge is 0.356 e. The molecule has 2 rings (SSSR count). The Morgan fingerprint density at radius 1 is 1.48 bits per heavy atom. The second-order valence-corrected chi connectivity index (χ2v) is 7.91. The lowest BCUT2D eigenvalue weighted by Crippen LogP contribution is -2.27. The van der Waals surface area contributed by atoms with Crippen molar-refractivity contribution in [3.05, 3.63) is 33.0 Å². The van der Waals surface area contributed by atoms with E-state index in [1.54, 1.807) is 0 Å². The fourth-order valence-corrected chi connectivity index (χ4v) is 4.66. The second kappa shape index (κ2) is 6.32. The summed E-state index contributed by atoms with van der Waals surface area (Å²) in [4.78, 5) is 14.2. The SMILES string of the molecule is O=C(O)c1cn(CCNS(=O)(=O)c2cc(Cl)sc2Cl)cn1. The van der Waals surface area contributed by atoms with E-state index in [-0.39, 0.29) is 32.4 Å². The monoisotopic (exact) mass is 369 g/mol. The summed E-state index contributed by atoms with van der Waals surface area (Å²) in [5, 5.41) is 8.72. The highest BCUT2D eigenvalue weighted by Gasteiger charge is 2.20. The fourth-order valence-electron chi connectivity index (χ4n) is 1.49. The minimum atomic E-state index is -3.76. The number of sulfonamides is 1. The van der Waals surface area contributed by atoms with Crippen molar-refractivity contribution in [2.45, 2.75) is 11.4 Å². The third-order valence-corrected chi connectivity index (χ3v) is 5.64. The van der Waals surface area contributed by atoms with Gasteiger partial charge in [-0.2, -0.15) is 0 Å². The number of hydrogen-bond acceptors (Lipinski definition) is 5. The maximum Gasteiger partial charge on any atom is 0.356 e. The Kier molecular flexibility index (Phi) is 4.89. The molecule has 0 spiro atoms. The van der Waals surface area contributed by atoms with Crippen LogP contribution in [0.3, 0.4) is 0 Å². The number of aromatic carboxylic acids is 1. The number of rotatable bonds is 6. The van der Waals surface area contributed by atoms with E-state index >= 15 is 0 Å². The number of imidazole rings is 1. The molecule has 0 unspecified atom stereocenters. The average Bonchev–Trinajstić information content (AvgIpc) is 2.96. The highest BCUT2D eigenvalue weighted by molar-refractivity contribution is 7.89. The van der Waals surface area contributed by atoms with Crippen LogP contribution in [-0.2, 0) is 16.6 Å². The maximum atomic E-state index is 12.0. The molecular formula is C10H9Cl2N3O4S2. The first-order valence-electron chi connectivity index (χ1n) is 5.49. The minimum absolute atomic E-state index is 0.0571. The molecule has 2 heterocycles. The molecule has 0 saturated heterocycles. The first-order valence-corrected chi connectivity index (χ1v) is 8.55. The predicted molar refractivity (Wildman–Crippen MR) is 78.7 cm³/mol. The van der Waals surface area contributed by atoms with Crippen molar-refractivity contribution in [3.8, 4) is 0 Å². The number of carboxylic acids is 1. The lowest BCUT2D eigenvalue weighted by molar-refractivity contribution is 0.0691. The highest BCUT2D eigenvalue weighted by atomic mass is 35.5. The summed E-state index contributed by atoms with van der Waals surface area (Å²) in [6.45, 7) is 0.288. The van der Waals surface area contributed by atoms with Gasteiger partial charge in [0.2, 0.25) is 10.0 Å². The Labute approximate surface area is 134 Å². The molecule has 2 aromatic rings. The van der Waals surface area contributed by atoms with E-state index in [0.717, 1.165) is 11.3 Å². The number of hydrogen-bond donors (Lipinski definition) is 2. The second-order valence-electron chi connectivity index (χ2n) is 3.89. The normalized spacial score (nSPS) is 11.7. The molecule has 0 atom stereocenters. The topological polar surface area (TPSA) is 101 Å². The van der Waals surface area contributed by atoms with Crippen LogP contribution >= 0.6 is 34.5 Å². The molecule has 0 radical (unpaired) electrons. The zero-order valence-corrected chi connectivity index (χ0v) is 13.4. The Balaban J connectivity index is 1.99. The van der Waals surface area contributed by atoms with Crippen molar-refractivity contribution >= 4 is 50.5 Å². The van der Waals surface area contributed by atoms with Gasteiger partial charge >= 0.3 is 5.97 Å². The van der Waals surface area contributed by atoms with Crippen molar-refractivity contribution in [1.82, 2.24) is 14.3 Å². The Hall–Kier alpha value is -1.13. The molecule has 0 aliphatic heterocycles. The molecule has 0 aromatic carbocycles. The van der Waals surface area contributed by atoms with Crippen LogP contribution in [0.4, 0.5) is 0 Å². The lowest BCUT2D eigenvalue weighted by Gasteiger charge is -2.06. The standard InChI is InChI=1S/C10H9Cl2N3O4S2/c11-8-3-7(9(12)20-8)21(18,19)14-1-2-15-4-6(10(16)17)13-5-15/h3-5,14H,1-2H2,(H,16,17). The third-order valence-electron chi connectivity index (χ3n) is 2.43. The number of carboxylic acid groups (broad SMARTS) is 1. The lowest BCUT2D eigenvalue weighted by atomic mass is 10.5. The van der Waals surface area contributed by atoms with Crippen LogP contribution in [0.5, 0.6) is 0 Å². The van der Waals surface area contributed by atoms with Crippen molar-refractivity contribution in [2.24, 2.45) is 0 Å². The van der Waals surface area contributed by atoms with E-state index in [2.05, 4.69) is 9.71 Å². The van der Waals surface area contributed by atoms with E-state index in [1.165, 1.54) is 23.2 Å². The summed E-state index contributed by atoms with van der Waals surface area (Å²) in [6, 6.07) is 1.27. The molecule has 0 fully saturated rings. The van der Waals surface area contributed by atoms with Gasteiger partial charge in [0.05, 0.1) is 10.7 Å². The third kappa shape index (κ3) is 3.95. The number of thiophene rings is 1. The molecule has 11 heteroatoms. The molecule has 0 saturated carbocycles. The summed E-state index contributed by atoms with van der Waals surface area (Å²) in [7, 11) is -3.76. The van der Waals surface area contributed by atoms with Gasteiger partial charge in [0.25, 0.3) is 0 Å². The number of carbonyl (C=O) groups is 1. The zero-order valence-electron chi connectivity index (χ0n) is 10.3. The van der Waals surface area contributed by atoms with Gasteiger partial charge in [-0.05, 0) is 6.07 Å². The van der Waals surface area contributed by atoms with Crippen molar-refractivity contribution in [3.63, 3.8) is 0 Å².